The van der Waals surface area contributed by atoms with Crippen LogP contribution >= 0.6 is 11.8 Å². The monoisotopic (exact) mass is 225 g/mol. The number of benzene rings is 1. The van der Waals surface area contributed by atoms with Gasteiger partial charge in [-0.2, -0.15) is 0 Å². The second-order valence-corrected chi connectivity index (χ2v) is 3.83. The minimum Gasteiger partial charge on any atom is -0.462 e. The highest BCUT2D eigenvalue weighted by Crippen LogP contribution is 2.20. The van der Waals surface area contributed by atoms with Crippen molar-refractivity contribution in [3.63, 3.8) is 0 Å². The maximum absolute atomic E-state index is 11.6. The molecule has 4 heteroatoms. The van der Waals surface area contributed by atoms with Gasteiger partial charge in [0.15, 0.2) is 0 Å². The standard InChI is InChI=1S/C11H15NO2S/c1-3-14-11(13)10-6-9(15-2)5-4-8(10)7-12/h4-6H,3,7,12H2,1-2H3. The molecule has 0 heterocycles. The fraction of sp³-hybridized carbons (Fsp3) is 0.364. The molecular formula is C11H15NO2S. The van der Waals surface area contributed by atoms with Gasteiger partial charge in [-0.05, 0) is 30.9 Å². The summed E-state index contributed by atoms with van der Waals surface area (Å²) in [5, 5.41) is 0. The number of rotatable bonds is 4. The molecule has 0 saturated heterocycles. The summed E-state index contributed by atoms with van der Waals surface area (Å²) in [4.78, 5) is 12.6. The Morgan fingerprint density at radius 1 is 1.53 bits per heavy atom. The van der Waals surface area contributed by atoms with Gasteiger partial charge >= 0.3 is 5.97 Å². The molecule has 0 aromatic heterocycles. The number of thioether (sulfide) groups is 1. The fourth-order valence-electron chi connectivity index (χ4n) is 1.26. The molecule has 1 aromatic carbocycles. The van der Waals surface area contributed by atoms with Gasteiger partial charge in [0.25, 0.3) is 0 Å². The number of carbonyl (C=O) groups is 1. The summed E-state index contributed by atoms with van der Waals surface area (Å²) in [6.07, 6.45) is 1.96. The topological polar surface area (TPSA) is 52.3 Å². The van der Waals surface area contributed by atoms with Gasteiger partial charge in [-0.1, -0.05) is 6.07 Å². The molecule has 0 aliphatic heterocycles. The molecule has 0 bridgehead atoms. The van der Waals surface area contributed by atoms with E-state index in [1.807, 2.05) is 24.5 Å². The minimum atomic E-state index is -0.297. The van der Waals surface area contributed by atoms with Gasteiger partial charge in [-0.25, -0.2) is 4.79 Å². The Hall–Kier alpha value is -1.00. The van der Waals surface area contributed by atoms with E-state index in [0.717, 1.165) is 10.5 Å². The van der Waals surface area contributed by atoms with Crippen LogP contribution < -0.4 is 5.73 Å². The lowest BCUT2D eigenvalue weighted by atomic mass is 10.1. The molecule has 0 amide bonds. The van der Waals surface area contributed by atoms with E-state index in [1.54, 1.807) is 18.7 Å². The first kappa shape index (κ1) is 12.1. The van der Waals surface area contributed by atoms with Crippen molar-refractivity contribution in [3.8, 4) is 0 Å². The predicted octanol–water partition coefficient (Wildman–Crippen LogP) is 2.04. The van der Waals surface area contributed by atoms with Crippen molar-refractivity contribution in [2.45, 2.75) is 18.4 Å². The Kier molecular flexibility index (Phi) is 4.65. The van der Waals surface area contributed by atoms with E-state index in [0.29, 0.717) is 18.7 Å². The molecule has 0 saturated carbocycles. The summed E-state index contributed by atoms with van der Waals surface area (Å²) >= 11 is 1.59. The van der Waals surface area contributed by atoms with Crippen LogP contribution in [0.5, 0.6) is 0 Å². The average Bonchev–Trinajstić information content (AvgIpc) is 2.28. The van der Waals surface area contributed by atoms with Crippen LogP contribution in [-0.4, -0.2) is 18.8 Å². The van der Waals surface area contributed by atoms with Crippen LogP contribution in [0.15, 0.2) is 23.1 Å². The lowest BCUT2D eigenvalue weighted by Gasteiger charge is -2.08. The van der Waals surface area contributed by atoms with E-state index in [2.05, 4.69) is 0 Å². The molecular weight excluding hydrogens is 210 g/mol. The van der Waals surface area contributed by atoms with Crippen LogP contribution in [0.25, 0.3) is 0 Å². The highest BCUT2D eigenvalue weighted by atomic mass is 32.2. The van der Waals surface area contributed by atoms with Gasteiger partial charge < -0.3 is 10.5 Å². The molecule has 1 aromatic rings. The molecule has 0 aliphatic rings. The summed E-state index contributed by atoms with van der Waals surface area (Å²) in [5.74, 6) is -0.297. The Bertz CT molecular complexity index is 352. The molecule has 82 valence electrons. The maximum Gasteiger partial charge on any atom is 0.338 e. The van der Waals surface area contributed by atoms with Crippen molar-refractivity contribution < 1.29 is 9.53 Å². The zero-order valence-electron chi connectivity index (χ0n) is 8.95. The summed E-state index contributed by atoms with van der Waals surface area (Å²) < 4.78 is 4.97. The Labute approximate surface area is 94.0 Å². The predicted molar refractivity (Wildman–Crippen MR) is 62.1 cm³/mol. The first-order chi connectivity index (χ1) is 7.22. The smallest absolute Gasteiger partial charge is 0.338 e. The van der Waals surface area contributed by atoms with Crippen LogP contribution in [0.1, 0.15) is 22.8 Å². The van der Waals surface area contributed by atoms with Gasteiger partial charge in [-0.15, -0.1) is 11.8 Å². The zero-order chi connectivity index (χ0) is 11.3. The average molecular weight is 225 g/mol. The third-order valence-electron chi connectivity index (χ3n) is 2.03. The number of ether oxygens (including phenoxy) is 1. The third-order valence-corrected chi connectivity index (χ3v) is 2.76. The van der Waals surface area contributed by atoms with Gasteiger partial charge in [0.1, 0.15) is 0 Å². The van der Waals surface area contributed by atoms with Crippen LogP contribution in [0.4, 0.5) is 0 Å². The number of carbonyl (C=O) groups excluding carboxylic acids is 1. The number of hydrogen-bond donors (Lipinski definition) is 1. The largest absolute Gasteiger partial charge is 0.462 e. The minimum absolute atomic E-state index is 0.297. The van der Waals surface area contributed by atoms with Crippen LogP contribution in [0.3, 0.4) is 0 Å². The lowest BCUT2D eigenvalue weighted by Crippen LogP contribution is -2.10. The summed E-state index contributed by atoms with van der Waals surface area (Å²) in [6, 6.07) is 5.65. The van der Waals surface area contributed by atoms with Crippen molar-refractivity contribution in [3.05, 3.63) is 29.3 Å². The zero-order valence-corrected chi connectivity index (χ0v) is 9.76. The summed E-state index contributed by atoms with van der Waals surface area (Å²) in [7, 11) is 0. The number of esters is 1. The first-order valence-electron chi connectivity index (χ1n) is 4.77. The van der Waals surface area contributed by atoms with E-state index in [4.69, 9.17) is 10.5 Å². The normalized spacial score (nSPS) is 10.1. The van der Waals surface area contributed by atoms with Crippen LogP contribution in [0.2, 0.25) is 0 Å². The molecule has 2 N–H and O–H groups in total. The van der Waals surface area contributed by atoms with Gasteiger partial charge in [0, 0.05) is 11.4 Å². The van der Waals surface area contributed by atoms with Crippen molar-refractivity contribution in [1.82, 2.24) is 0 Å². The maximum atomic E-state index is 11.6. The number of hydrogen-bond acceptors (Lipinski definition) is 4. The van der Waals surface area contributed by atoms with Crippen molar-refractivity contribution in [1.29, 1.82) is 0 Å². The van der Waals surface area contributed by atoms with Crippen molar-refractivity contribution >= 4 is 17.7 Å². The SMILES string of the molecule is CCOC(=O)c1cc(SC)ccc1CN. The molecule has 0 aliphatic carbocycles. The number of nitrogens with two attached hydrogens (primary N) is 1. The van der Waals surface area contributed by atoms with Gasteiger partial charge in [0.2, 0.25) is 0 Å². The second-order valence-electron chi connectivity index (χ2n) is 2.95. The molecule has 0 spiro atoms. The van der Waals surface area contributed by atoms with Crippen molar-refractivity contribution in [2.75, 3.05) is 12.9 Å². The molecule has 1 rings (SSSR count). The Morgan fingerprint density at radius 3 is 2.80 bits per heavy atom. The third kappa shape index (κ3) is 2.97. The van der Waals surface area contributed by atoms with Crippen LogP contribution in [-0.2, 0) is 11.3 Å². The summed E-state index contributed by atoms with van der Waals surface area (Å²) in [6.45, 7) is 2.52. The van der Waals surface area contributed by atoms with Gasteiger partial charge in [0.05, 0.1) is 12.2 Å². The molecule has 0 unspecified atom stereocenters. The molecule has 15 heavy (non-hydrogen) atoms. The fourth-order valence-corrected chi connectivity index (χ4v) is 1.70. The van der Waals surface area contributed by atoms with E-state index < -0.39 is 0 Å². The molecule has 3 nitrogen and oxygen atoms in total. The lowest BCUT2D eigenvalue weighted by molar-refractivity contribution is 0.0525. The van der Waals surface area contributed by atoms with Crippen molar-refractivity contribution in [2.24, 2.45) is 5.73 Å². The Balaban J connectivity index is 3.05. The van der Waals surface area contributed by atoms with Gasteiger partial charge in [-0.3, -0.25) is 0 Å². The van der Waals surface area contributed by atoms with E-state index >= 15 is 0 Å². The quantitative estimate of drug-likeness (QED) is 0.629. The molecule has 0 radical (unpaired) electrons. The molecule has 0 atom stereocenters. The first-order valence-corrected chi connectivity index (χ1v) is 5.99. The highest BCUT2D eigenvalue weighted by molar-refractivity contribution is 7.98. The Morgan fingerprint density at radius 2 is 2.27 bits per heavy atom. The summed E-state index contributed by atoms with van der Waals surface area (Å²) in [5.41, 5.74) is 6.96. The van der Waals surface area contributed by atoms with E-state index in [1.165, 1.54) is 0 Å². The molecule has 0 fully saturated rings. The van der Waals surface area contributed by atoms with Crippen LogP contribution in [0, 0.1) is 0 Å². The van der Waals surface area contributed by atoms with E-state index in [9.17, 15) is 4.79 Å². The highest BCUT2D eigenvalue weighted by Gasteiger charge is 2.11. The second kappa shape index (κ2) is 5.78. The van der Waals surface area contributed by atoms with E-state index in [-0.39, 0.29) is 5.97 Å².